The Morgan fingerprint density at radius 2 is 2.17 bits per heavy atom. The van der Waals surface area contributed by atoms with E-state index in [2.05, 4.69) is 5.10 Å². The maximum Gasteiger partial charge on any atom is 0.420 e. The van der Waals surface area contributed by atoms with E-state index < -0.39 is 17.4 Å². The van der Waals surface area contributed by atoms with Gasteiger partial charge in [0.05, 0.1) is 6.20 Å². The number of rotatable bonds is 1. The Hall–Kier alpha value is -1.33. The average Bonchev–Trinajstić information content (AvgIpc) is 2.29. The van der Waals surface area contributed by atoms with Gasteiger partial charge in [0.2, 0.25) is 0 Å². The molecule has 3 nitrogen and oxygen atoms in total. The van der Waals surface area contributed by atoms with Gasteiger partial charge < -0.3 is 0 Å². The average molecular weight is 178 g/mol. The molecule has 1 aromatic rings. The number of nitrogens with zero attached hydrogens (tertiary/aromatic N) is 2. The van der Waals surface area contributed by atoms with Crippen LogP contribution < -0.4 is 0 Å². The Kier molecular flexibility index (Phi) is 1.91. The Bertz CT molecular complexity index is 302. The first-order valence-electron chi connectivity index (χ1n) is 3.01. The van der Waals surface area contributed by atoms with Gasteiger partial charge in [0.15, 0.2) is 6.29 Å². The molecule has 1 aromatic heterocycles. The zero-order valence-corrected chi connectivity index (χ0v) is 6.09. The summed E-state index contributed by atoms with van der Waals surface area (Å²) in [5.74, 6) is 0. The van der Waals surface area contributed by atoms with Crippen molar-refractivity contribution in [1.82, 2.24) is 9.78 Å². The van der Waals surface area contributed by atoms with Gasteiger partial charge in [0.1, 0.15) is 11.3 Å². The van der Waals surface area contributed by atoms with Crippen LogP contribution in [0.5, 0.6) is 0 Å². The Morgan fingerprint density at radius 3 is 2.50 bits per heavy atom. The molecule has 0 unspecified atom stereocenters. The van der Waals surface area contributed by atoms with Crippen molar-refractivity contribution in [3.8, 4) is 0 Å². The van der Waals surface area contributed by atoms with Gasteiger partial charge in [-0.15, -0.1) is 0 Å². The first kappa shape index (κ1) is 8.76. The van der Waals surface area contributed by atoms with E-state index in [0.717, 1.165) is 4.68 Å². The van der Waals surface area contributed by atoms with Crippen molar-refractivity contribution in [3.63, 3.8) is 0 Å². The Labute approximate surface area is 65.8 Å². The fourth-order valence-electron chi connectivity index (χ4n) is 0.805. The maximum atomic E-state index is 12.0. The number of hydrogen-bond acceptors (Lipinski definition) is 2. The number of aryl methyl sites for hydroxylation is 1. The molecular weight excluding hydrogens is 173 g/mol. The van der Waals surface area contributed by atoms with Crippen molar-refractivity contribution in [2.45, 2.75) is 6.18 Å². The molecule has 0 aliphatic carbocycles. The maximum absolute atomic E-state index is 12.0. The summed E-state index contributed by atoms with van der Waals surface area (Å²) in [6.07, 6.45) is -3.75. The van der Waals surface area contributed by atoms with E-state index in [9.17, 15) is 18.0 Å². The first-order valence-corrected chi connectivity index (χ1v) is 3.01. The van der Waals surface area contributed by atoms with E-state index in [1.54, 1.807) is 0 Å². The number of carbonyl (C=O) groups excluding carboxylic acids is 1. The van der Waals surface area contributed by atoms with E-state index in [1.165, 1.54) is 7.05 Å². The third-order valence-corrected chi connectivity index (χ3v) is 1.40. The highest BCUT2D eigenvalue weighted by Crippen LogP contribution is 2.30. The normalized spacial score (nSPS) is 11.7. The number of hydrogen-bond donors (Lipinski definition) is 0. The van der Waals surface area contributed by atoms with Crippen molar-refractivity contribution in [1.29, 1.82) is 0 Å². The van der Waals surface area contributed by atoms with Crippen LogP contribution in [0.25, 0.3) is 0 Å². The number of alkyl halides is 3. The quantitative estimate of drug-likeness (QED) is 0.606. The van der Waals surface area contributed by atoms with Crippen molar-refractivity contribution in [2.24, 2.45) is 7.05 Å². The second kappa shape index (κ2) is 2.62. The minimum atomic E-state index is -4.51. The van der Waals surface area contributed by atoms with Crippen LogP contribution in [0.4, 0.5) is 13.2 Å². The molecular formula is C6H5F3N2O. The van der Waals surface area contributed by atoms with E-state index in [1.807, 2.05) is 0 Å². The number of aromatic nitrogens is 2. The SMILES string of the molecule is Cn1ncc(C(F)(F)F)c1C=O. The third-order valence-electron chi connectivity index (χ3n) is 1.40. The van der Waals surface area contributed by atoms with Gasteiger partial charge >= 0.3 is 6.18 Å². The van der Waals surface area contributed by atoms with Crippen molar-refractivity contribution in [2.75, 3.05) is 0 Å². The zero-order valence-electron chi connectivity index (χ0n) is 6.09. The molecule has 0 aliphatic rings. The van der Waals surface area contributed by atoms with Crippen LogP contribution in [0, 0.1) is 0 Å². The predicted octanol–water partition coefficient (Wildman–Crippen LogP) is 1.25. The molecule has 0 amide bonds. The molecule has 0 atom stereocenters. The predicted molar refractivity (Wildman–Crippen MR) is 33.6 cm³/mol. The molecule has 0 saturated carbocycles. The molecule has 0 bridgehead atoms. The molecule has 0 spiro atoms. The molecule has 0 radical (unpaired) electrons. The lowest BCUT2D eigenvalue weighted by Crippen LogP contribution is -2.08. The topological polar surface area (TPSA) is 34.9 Å². The van der Waals surface area contributed by atoms with Gasteiger partial charge in [-0.1, -0.05) is 0 Å². The smallest absolute Gasteiger partial charge is 0.296 e. The monoisotopic (exact) mass is 178 g/mol. The zero-order chi connectivity index (χ0) is 9.35. The fraction of sp³-hybridized carbons (Fsp3) is 0.333. The van der Waals surface area contributed by atoms with Crippen LogP contribution in [0.3, 0.4) is 0 Å². The number of halogens is 3. The largest absolute Gasteiger partial charge is 0.420 e. The lowest BCUT2D eigenvalue weighted by molar-refractivity contribution is -0.137. The Morgan fingerprint density at radius 1 is 1.58 bits per heavy atom. The van der Waals surface area contributed by atoms with Crippen LogP contribution in [0.1, 0.15) is 16.1 Å². The summed E-state index contributed by atoms with van der Waals surface area (Å²) in [6.45, 7) is 0. The van der Waals surface area contributed by atoms with Crippen LogP contribution in [0.2, 0.25) is 0 Å². The minimum Gasteiger partial charge on any atom is -0.296 e. The molecule has 12 heavy (non-hydrogen) atoms. The van der Waals surface area contributed by atoms with Gasteiger partial charge in [0, 0.05) is 7.05 Å². The van der Waals surface area contributed by atoms with Gasteiger partial charge in [-0.2, -0.15) is 18.3 Å². The van der Waals surface area contributed by atoms with Crippen LogP contribution in [-0.2, 0) is 13.2 Å². The third kappa shape index (κ3) is 1.32. The lowest BCUT2D eigenvalue weighted by atomic mass is 10.2. The second-order valence-corrected chi connectivity index (χ2v) is 2.18. The second-order valence-electron chi connectivity index (χ2n) is 2.18. The molecule has 0 aromatic carbocycles. The van der Waals surface area contributed by atoms with E-state index >= 15 is 0 Å². The van der Waals surface area contributed by atoms with Gasteiger partial charge in [-0.25, -0.2) is 0 Å². The van der Waals surface area contributed by atoms with Crippen LogP contribution >= 0.6 is 0 Å². The summed E-state index contributed by atoms with van der Waals surface area (Å²) in [5, 5.41) is 3.32. The molecule has 0 fully saturated rings. The summed E-state index contributed by atoms with van der Waals surface area (Å²) in [4.78, 5) is 10.2. The highest BCUT2D eigenvalue weighted by atomic mass is 19.4. The van der Waals surface area contributed by atoms with E-state index in [0.29, 0.717) is 6.20 Å². The molecule has 66 valence electrons. The van der Waals surface area contributed by atoms with Crippen molar-refractivity contribution >= 4 is 6.29 Å². The van der Waals surface area contributed by atoms with E-state index in [4.69, 9.17) is 0 Å². The summed E-state index contributed by atoms with van der Waals surface area (Å²) in [6, 6.07) is 0. The summed E-state index contributed by atoms with van der Waals surface area (Å²) in [5.41, 5.74) is -1.46. The van der Waals surface area contributed by atoms with Gasteiger partial charge in [-0.05, 0) is 0 Å². The first-order chi connectivity index (χ1) is 5.46. The minimum absolute atomic E-state index is 0.135. The van der Waals surface area contributed by atoms with Crippen molar-refractivity contribution in [3.05, 3.63) is 17.5 Å². The molecule has 6 heteroatoms. The number of aldehydes is 1. The molecule has 0 N–H and O–H groups in total. The van der Waals surface area contributed by atoms with Crippen molar-refractivity contribution < 1.29 is 18.0 Å². The van der Waals surface area contributed by atoms with Crippen LogP contribution in [0.15, 0.2) is 6.20 Å². The molecule has 1 rings (SSSR count). The highest BCUT2D eigenvalue weighted by Gasteiger charge is 2.35. The number of carbonyl (C=O) groups is 1. The molecule has 1 heterocycles. The molecule has 0 saturated heterocycles. The Balaban J connectivity index is 3.25. The summed E-state index contributed by atoms with van der Waals surface area (Å²) in [7, 11) is 1.28. The van der Waals surface area contributed by atoms with E-state index in [-0.39, 0.29) is 6.29 Å². The van der Waals surface area contributed by atoms with Gasteiger partial charge in [0.25, 0.3) is 0 Å². The standard InChI is InChI=1S/C6H5F3N2O/c1-11-5(3-12)4(2-10-11)6(7,8)9/h2-3H,1H3. The lowest BCUT2D eigenvalue weighted by Gasteiger charge is -2.03. The summed E-state index contributed by atoms with van der Waals surface area (Å²) < 4.78 is 37.0. The highest BCUT2D eigenvalue weighted by molar-refractivity contribution is 5.74. The van der Waals surface area contributed by atoms with Gasteiger partial charge in [-0.3, -0.25) is 9.48 Å². The van der Waals surface area contributed by atoms with Crippen LogP contribution in [-0.4, -0.2) is 16.1 Å². The molecule has 0 aliphatic heterocycles. The fourth-order valence-corrected chi connectivity index (χ4v) is 0.805. The summed E-state index contributed by atoms with van der Waals surface area (Å²) >= 11 is 0.